The first-order chi connectivity index (χ1) is 9.19. The van der Waals surface area contributed by atoms with Gasteiger partial charge in [-0.05, 0) is 30.3 Å². The van der Waals surface area contributed by atoms with Crippen LogP contribution in [0.3, 0.4) is 0 Å². The third kappa shape index (κ3) is 3.97. The van der Waals surface area contributed by atoms with Crippen molar-refractivity contribution in [2.45, 2.75) is 12.8 Å². The minimum absolute atomic E-state index is 0.0235. The molecule has 0 aromatic carbocycles. The lowest BCUT2D eigenvalue weighted by Crippen LogP contribution is -2.20. The third-order valence-electron chi connectivity index (χ3n) is 3.08. The number of pyridine rings is 1. The molecule has 0 amide bonds. The first kappa shape index (κ1) is 13.9. The smallest absolute Gasteiger partial charge is 0.276 e. The molecular weight excluding hydrogens is 266 g/mol. The molecule has 2 heterocycles. The van der Waals surface area contributed by atoms with Crippen LogP contribution in [0.1, 0.15) is 12.8 Å². The summed E-state index contributed by atoms with van der Waals surface area (Å²) < 4.78 is 0. The summed E-state index contributed by atoms with van der Waals surface area (Å²) in [6.07, 6.45) is 2.35. The van der Waals surface area contributed by atoms with Gasteiger partial charge >= 0.3 is 0 Å². The first-order valence-electron chi connectivity index (χ1n) is 6.13. The van der Waals surface area contributed by atoms with Gasteiger partial charge in [0.1, 0.15) is 11.6 Å². The largest absolute Gasteiger partial charge is 0.370 e. The molecule has 1 aliphatic heterocycles. The Hall–Kier alpha value is -1.54. The summed E-state index contributed by atoms with van der Waals surface area (Å²) in [5.41, 5.74) is 2.32. The molecule has 1 aromatic heterocycles. The van der Waals surface area contributed by atoms with E-state index in [2.05, 4.69) is 15.7 Å². The van der Waals surface area contributed by atoms with Crippen LogP contribution in [-0.2, 0) is 0 Å². The van der Waals surface area contributed by atoms with Crippen LogP contribution in [-0.4, -0.2) is 28.0 Å². The predicted molar refractivity (Wildman–Crippen MR) is 77.2 cm³/mol. The van der Waals surface area contributed by atoms with Crippen molar-refractivity contribution in [3.05, 3.63) is 22.2 Å². The lowest BCUT2D eigenvalue weighted by atomic mass is 10.0. The van der Waals surface area contributed by atoms with Gasteiger partial charge in [-0.25, -0.2) is 10.8 Å². The van der Waals surface area contributed by atoms with Crippen molar-refractivity contribution in [3.63, 3.8) is 0 Å². The molecule has 1 saturated heterocycles. The van der Waals surface area contributed by atoms with E-state index in [9.17, 15) is 10.1 Å². The second-order valence-corrected chi connectivity index (χ2v) is 5.66. The van der Waals surface area contributed by atoms with Crippen molar-refractivity contribution in [2.24, 2.45) is 11.8 Å². The number of nitrogens with zero attached hydrogens (tertiary/aromatic N) is 2. The zero-order valence-electron chi connectivity index (χ0n) is 10.5. The number of thioether (sulfide) groups is 1. The SMILES string of the molecule is NNc1cc([N+](=O)[O-])cc(NCC2CCSCC2)n1. The zero-order valence-corrected chi connectivity index (χ0v) is 11.3. The van der Waals surface area contributed by atoms with Crippen LogP contribution in [0, 0.1) is 16.0 Å². The number of nitrogen functional groups attached to an aromatic ring is 1. The second-order valence-electron chi connectivity index (χ2n) is 4.43. The van der Waals surface area contributed by atoms with Crippen molar-refractivity contribution in [1.82, 2.24) is 4.98 Å². The molecule has 19 heavy (non-hydrogen) atoms. The second kappa shape index (κ2) is 6.58. The topological polar surface area (TPSA) is 106 Å². The lowest BCUT2D eigenvalue weighted by molar-refractivity contribution is -0.384. The van der Waals surface area contributed by atoms with E-state index in [1.54, 1.807) is 0 Å². The minimum Gasteiger partial charge on any atom is -0.370 e. The molecule has 0 unspecified atom stereocenters. The molecule has 0 bridgehead atoms. The van der Waals surface area contributed by atoms with Gasteiger partial charge in [-0.2, -0.15) is 11.8 Å². The highest BCUT2D eigenvalue weighted by atomic mass is 32.2. The van der Waals surface area contributed by atoms with E-state index in [4.69, 9.17) is 5.84 Å². The van der Waals surface area contributed by atoms with Crippen molar-refractivity contribution >= 4 is 29.1 Å². The van der Waals surface area contributed by atoms with E-state index in [0.29, 0.717) is 11.7 Å². The zero-order chi connectivity index (χ0) is 13.7. The molecule has 7 nitrogen and oxygen atoms in total. The van der Waals surface area contributed by atoms with E-state index in [-0.39, 0.29) is 11.5 Å². The molecule has 0 saturated carbocycles. The standard InChI is InChI=1S/C11H17N5O2S/c12-15-11-6-9(16(17)18)5-10(14-11)13-7-8-1-3-19-4-2-8/h5-6,8H,1-4,7,12H2,(H2,13,14,15). The van der Waals surface area contributed by atoms with Crippen LogP contribution < -0.4 is 16.6 Å². The molecule has 1 aromatic rings. The number of rotatable bonds is 5. The Morgan fingerprint density at radius 3 is 2.74 bits per heavy atom. The van der Waals surface area contributed by atoms with Crippen molar-refractivity contribution in [3.8, 4) is 0 Å². The van der Waals surface area contributed by atoms with Gasteiger partial charge in [-0.1, -0.05) is 0 Å². The van der Waals surface area contributed by atoms with Crippen LogP contribution >= 0.6 is 11.8 Å². The fraction of sp³-hybridized carbons (Fsp3) is 0.545. The summed E-state index contributed by atoms with van der Waals surface area (Å²) >= 11 is 1.97. The van der Waals surface area contributed by atoms with E-state index < -0.39 is 4.92 Å². The Labute approximate surface area is 115 Å². The quantitative estimate of drug-likeness (QED) is 0.430. The van der Waals surface area contributed by atoms with Gasteiger partial charge in [0.05, 0.1) is 17.1 Å². The molecule has 1 aliphatic rings. The highest BCUT2D eigenvalue weighted by Gasteiger charge is 2.15. The normalized spacial score (nSPS) is 16.1. The molecule has 1 fully saturated rings. The van der Waals surface area contributed by atoms with E-state index in [1.165, 1.54) is 36.5 Å². The number of aromatic nitrogens is 1. The number of nitrogens with two attached hydrogens (primary N) is 1. The maximum absolute atomic E-state index is 10.8. The maximum atomic E-state index is 10.8. The van der Waals surface area contributed by atoms with E-state index in [1.807, 2.05) is 11.8 Å². The van der Waals surface area contributed by atoms with Crippen LogP contribution in [0.5, 0.6) is 0 Å². The van der Waals surface area contributed by atoms with Crippen LogP contribution in [0.25, 0.3) is 0 Å². The van der Waals surface area contributed by atoms with Gasteiger partial charge in [0.15, 0.2) is 0 Å². The predicted octanol–water partition coefficient (Wildman–Crippen LogP) is 1.83. The van der Waals surface area contributed by atoms with Gasteiger partial charge in [-0.15, -0.1) is 0 Å². The molecule has 0 aliphatic carbocycles. The summed E-state index contributed by atoms with van der Waals surface area (Å²) in [4.78, 5) is 14.5. The summed E-state index contributed by atoms with van der Waals surface area (Å²) in [7, 11) is 0. The highest BCUT2D eigenvalue weighted by Crippen LogP contribution is 2.24. The van der Waals surface area contributed by atoms with Gasteiger partial charge in [-0.3, -0.25) is 10.1 Å². The molecule has 0 spiro atoms. The van der Waals surface area contributed by atoms with Gasteiger partial charge in [0, 0.05) is 6.54 Å². The van der Waals surface area contributed by atoms with Crippen molar-refractivity contribution in [1.29, 1.82) is 0 Å². The monoisotopic (exact) mass is 283 g/mol. The molecule has 2 rings (SSSR count). The number of hydrogen-bond acceptors (Lipinski definition) is 7. The summed E-state index contributed by atoms with van der Waals surface area (Å²) in [6, 6.07) is 2.74. The fourth-order valence-corrected chi connectivity index (χ4v) is 3.19. The van der Waals surface area contributed by atoms with E-state index >= 15 is 0 Å². The number of hydrogen-bond donors (Lipinski definition) is 3. The summed E-state index contributed by atoms with van der Waals surface area (Å²) in [6.45, 7) is 0.790. The van der Waals surface area contributed by atoms with Crippen LogP contribution in [0.4, 0.5) is 17.3 Å². The summed E-state index contributed by atoms with van der Waals surface area (Å²) in [5.74, 6) is 9.01. The summed E-state index contributed by atoms with van der Waals surface area (Å²) in [5, 5.41) is 14.0. The Balaban J connectivity index is 2.02. The Morgan fingerprint density at radius 1 is 1.42 bits per heavy atom. The van der Waals surface area contributed by atoms with Gasteiger partial charge in [0.2, 0.25) is 0 Å². The average Bonchev–Trinajstić information content (AvgIpc) is 2.45. The molecule has 8 heteroatoms. The molecular formula is C11H17N5O2S. The molecule has 0 atom stereocenters. The number of anilines is 2. The lowest BCUT2D eigenvalue weighted by Gasteiger charge is -2.21. The third-order valence-corrected chi connectivity index (χ3v) is 4.13. The van der Waals surface area contributed by atoms with Gasteiger partial charge in [0.25, 0.3) is 5.69 Å². The van der Waals surface area contributed by atoms with Crippen LogP contribution in [0.2, 0.25) is 0 Å². The van der Waals surface area contributed by atoms with E-state index in [0.717, 1.165) is 6.54 Å². The molecule has 104 valence electrons. The maximum Gasteiger partial charge on any atom is 0.276 e. The minimum atomic E-state index is -0.453. The first-order valence-corrected chi connectivity index (χ1v) is 7.29. The number of hydrazine groups is 1. The fourth-order valence-electron chi connectivity index (χ4n) is 1.99. The Morgan fingerprint density at radius 2 is 2.11 bits per heavy atom. The van der Waals surface area contributed by atoms with Crippen LogP contribution in [0.15, 0.2) is 12.1 Å². The number of nitro groups is 1. The average molecular weight is 283 g/mol. The highest BCUT2D eigenvalue weighted by molar-refractivity contribution is 7.99. The van der Waals surface area contributed by atoms with Gasteiger partial charge < -0.3 is 10.7 Å². The Kier molecular flexibility index (Phi) is 4.80. The van der Waals surface area contributed by atoms with Crippen molar-refractivity contribution in [2.75, 3.05) is 28.8 Å². The van der Waals surface area contributed by atoms with Crippen molar-refractivity contribution < 1.29 is 4.92 Å². The number of nitrogens with one attached hydrogen (secondary N) is 2. The molecule has 4 N–H and O–H groups in total. The Bertz CT molecular complexity index is 451. The molecule has 0 radical (unpaired) electrons.